The fraction of sp³-hybridized carbons (Fsp3) is 0.214. The molecule has 7 heteroatoms. The molecule has 2 aromatic rings. The molecular formula is C14H14BrN3O3. The van der Waals surface area contributed by atoms with Gasteiger partial charge in [-0.2, -0.15) is 4.98 Å². The Balaban J connectivity index is 2.27. The normalized spacial score (nSPS) is 10.2. The molecule has 0 saturated heterocycles. The highest BCUT2D eigenvalue weighted by Crippen LogP contribution is 2.33. The maximum atomic E-state index is 11.7. The summed E-state index contributed by atoms with van der Waals surface area (Å²) in [5.41, 5.74) is 7.08. The summed E-state index contributed by atoms with van der Waals surface area (Å²) in [6, 6.07) is 5.41. The smallest absolute Gasteiger partial charge is 0.341 e. The first kappa shape index (κ1) is 15.2. The molecule has 0 aliphatic carbocycles. The average Bonchev–Trinajstić information content (AvgIpc) is 2.43. The van der Waals surface area contributed by atoms with E-state index in [2.05, 4.69) is 25.9 Å². The lowest BCUT2D eigenvalue weighted by atomic mass is 10.2. The highest BCUT2D eigenvalue weighted by atomic mass is 79.9. The number of hydrogen-bond acceptors (Lipinski definition) is 6. The van der Waals surface area contributed by atoms with Crippen molar-refractivity contribution in [2.24, 2.45) is 0 Å². The highest BCUT2D eigenvalue weighted by Gasteiger charge is 2.15. The Hall–Kier alpha value is -2.15. The van der Waals surface area contributed by atoms with Gasteiger partial charge >= 0.3 is 12.0 Å². The van der Waals surface area contributed by atoms with Crippen LogP contribution in [0.5, 0.6) is 11.8 Å². The maximum absolute atomic E-state index is 11.7. The van der Waals surface area contributed by atoms with Crippen LogP contribution in [-0.4, -0.2) is 22.5 Å². The zero-order chi connectivity index (χ0) is 15.4. The van der Waals surface area contributed by atoms with E-state index in [0.29, 0.717) is 33.8 Å². The van der Waals surface area contributed by atoms with Gasteiger partial charge < -0.3 is 15.2 Å². The molecule has 0 amide bonds. The van der Waals surface area contributed by atoms with Crippen molar-refractivity contribution in [1.82, 2.24) is 9.97 Å². The first-order chi connectivity index (χ1) is 10.0. The summed E-state index contributed by atoms with van der Waals surface area (Å²) in [5, 5.41) is 0. The van der Waals surface area contributed by atoms with Crippen molar-refractivity contribution in [1.29, 1.82) is 0 Å². The van der Waals surface area contributed by atoms with Gasteiger partial charge in [0.05, 0.1) is 28.0 Å². The number of para-hydroxylation sites is 1. The predicted octanol–water partition coefficient (Wildman–Crippen LogP) is 3.10. The molecule has 21 heavy (non-hydrogen) atoms. The molecule has 0 aliphatic heterocycles. The Morgan fingerprint density at radius 1 is 1.43 bits per heavy atom. The molecule has 6 nitrogen and oxygen atoms in total. The van der Waals surface area contributed by atoms with Gasteiger partial charge in [-0.1, -0.05) is 6.07 Å². The van der Waals surface area contributed by atoms with Crippen molar-refractivity contribution in [2.75, 3.05) is 12.3 Å². The summed E-state index contributed by atoms with van der Waals surface area (Å²) in [5.74, 6) is -0.0252. The van der Waals surface area contributed by atoms with Gasteiger partial charge in [0.25, 0.3) is 0 Å². The van der Waals surface area contributed by atoms with Crippen LogP contribution in [0.1, 0.15) is 23.0 Å². The Morgan fingerprint density at radius 2 is 2.19 bits per heavy atom. The van der Waals surface area contributed by atoms with E-state index in [1.807, 2.05) is 0 Å². The number of nitrogen functional groups attached to an aromatic ring is 1. The summed E-state index contributed by atoms with van der Waals surface area (Å²) in [6.07, 6.45) is 1.38. The van der Waals surface area contributed by atoms with Gasteiger partial charge in [-0.05, 0) is 41.9 Å². The molecule has 0 unspecified atom stereocenters. The fourth-order valence-electron chi connectivity index (χ4n) is 1.63. The minimum atomic E-state index is -0.457. The third-order valence-corrected chi connectivity index (χ3v) is 3.27. The molecule has 0 spiro atoms. The molecule has 2 rings (SSSR count). The third kappa shape index (κ3) is 3.49. The molecule has 1 aromatic carbocycles. The van der Waals surface area contributed by atoms with E-state index < -0.39 is 5.97 Å². The first-order valence-electron chi connectivity index (χ1n) is 6.25. The minimum absolute atomic E-state index is 0.110. The quantitative estimate of drug-likeness (QED) is 0.672. The zero-order valence-electron chi connectivity index (χ0n) is 11.6. The van der Waals surface area contributed by atoms with Crippen LogP contribution in [0.3, 0.4) is 0 Å². The van der Waals surface area contributed by atoms with Crippen LogP contribution < -0.4 is 10.5 Å². The van der Waals surface area contributed by atoms with E-state index in [1.165, 1.54) is 6.20 Å². The first-order valence-corrected chi connectivity index (χ1v) is 7.04. The maximum Gasteiger partial charge on any atom is 0.341 e. The molecule has 0 atom stereocenters. The zero-order valence-corrected chi connectivity index (χ0v) is 13.2. The van der Waals surface area contributed by atoms with Crippen LogP contribution >= 0.6 is 15.9 Å². The SMILES string of the molecule is CCOC(=O)c1cnc(Oc2c(N)cccc2Br)nc1C. The van der Waals surface area contributed by atoms with Crippen molar-refractivity contribution < 1.29 is 14.3 Å². The lowest BCUT2D eigenvalue weighted by molar-refractivity contribution is 0.0524. The molecule has 110 valence electrons. The Kier molecular flexibility index (Phi) is 4.74. The number of hydrogen-bond donors (Lipinski definition) is 1. The van der Waals surface area contributed by atoms with E-state index in [-0.39, 0.29) is 6.01 Å². The second kappa shape index (κ2) is 6.53. The van der Waals surface area contributed by atoms with Crippen LogP contribution in [-0.2, 0) is 4.74 Å². The number of benzene rings is 1. The lowest BCUT2D eigenvalue weighted by Gasteiger charge is -2.10. The highest BCUT2D eigenvalue weighted by molar-refractivity contribution is 9.10. The predicted molar refractivity (Wildman–Crippen MR) is 81.4 cm³/mol. The minimum Gasteiger partial charge on any atom is -0.462 e. The van der Waals surface area contributed by atoms with Gasteiger partial charge in [-0.15, -0.1) is 0 Å². The summed E-state index contributed by atoms with van der Waals surface area (Å²) in [6.45, 7) is 3.72. The number of anilines is 1. The Bertz CT molecular complexity index is 656. The number of halogens is 1. The topological polar surface area (TPSA) is 87.3 Å². The monoisotopic (exact) mass is 351 g/mol. The summed E-state index contributed by atoms with van der Waals surface area (Å²) in [7, 11) is 0. The molecule has 0 saturated carbocycles. The van der Waals surface area contributed by atoms with E-state index >= 15 is 0 Å². The second-order valence-corrected chi connectivity index (χ2v) is 4.99. The van der Waals surface area contributed by atoms with Gasteiger partial charge in [0.2, 0.25) is 0 Å². The van der Waals surface area contributed by atoms with E-state index in [1.54, 1.807) is 32.0 Å². The van der Waals surface area contributed by atoms with E-state index in [9.17, 15) is 4.79 Å². The molecule has 1 heterocycles. The number of aromatic nitrogens is 2. The van der Waals surface area contributed by atoms with E-state index in [4.69, 9.17) is 15.2 Å². The van der Waals surface area contributed by atoms with Gasteiger partial charge in [0, 0.05) is 6.20 Å². The lowest BCUT2D eigenvalue weighted by Crippen LogP contribution is -2.09. The number of nitrogens with zero attached hydrogens (tertiary/aromatic N) is 2. The fourth-order valence-corrected chi connectivity index (χ4v) is 2.09. The number of carbonyl (C=O) groups is 1. The summed E-state index contributed by atoms with van der Waals surface area (Å²) in [4.78, 5) is 19.8. The Labute approximate surface area is 130 Å². The molecule has 0 radical (unpaired) electrons. The van der Waals surface area contributed by atoms with Crippen molar-refractivity contribution in [3.63, 3.8) is 0 Å². The van der Waals surface area contributed by atoms with Gasteiger partial charge in [-0.3, -0.25) is 0 Å². The molecule has 0 aliphatic rings. The molecule has 1 aromatic heterocycles. The van der Waals surface area contributed by atoms with E-state index in [0.717, 1.165) is 0 Å². The number of carbonyl (C=O) groups excluding carboxylic acids is 1. The molecule has 0 fully saturated rings. The molecule has 0 bridgehead atoms. The number of ether oxygens (including phenoxy) is 2. The van der Waals surface area contributed by atoms with Crippen molar-refractivity contribution in [2.45, 2.75) is 13.8 Å². The third-order valence-electron chi connectivity index (χ3n) is 2.64. The molecular weight excluding hydrogens is 338 g/mol. The average molecular weight is 352 g/mol. The van der Waals surface area contributed by atoms with Crippen LogP contribution in [0.25, 0.3) is 0 Å². The number of rotatable bonds is 4. The second-order valence-electron chi connectivity index (χ2n) is 4.13. The van der Waals surface area contributed by atoms with Gasteiger partial charge in [0.15, 0.2) is 5.75 Å². The van der Waals surface area contributed by atoms with Gasteiger partial charge in [-0.25, -0.2) is 9.78 Å². The largest absolute Gasteiger partial charge is 0.462 e. The van der Waals surface area contributed by atoms with Crippen LogP contribution in [0.2, 0.25) is 0 Å². The number of esters is 1. The van der Waals surface area contributed by atoms with Crippen LogP contribution in [0.15, 0.2) is 28.9 Å². The van der Waals surface area contributed by atoms with Crippen molar-refractivity contribution in [3.8, 4) is 11.8 Å². The number of aryl methyl sites for hydroxylation is 1. The van der Waals surface area contributed by atoms with Crippen molar-refractivity contribution >= 4 is 27.6 Å². The van der Waals surface area contributed by atoms with Crippen LogP contribution in [0, 0.1) is 6.92 Å². The van der Waals surface area contributed by atoms with Crippen LogP contribution in [0.4, 0.5) is 5.69 Å². The van der Waals surface area contributed by atoms with Gasteiger partial charge in [0.1, 0.15) is 0 Å². The standard InChI is InChI=1S/C14H14BrN3O3/c1-3-20-13(19)9-7-17-14(18-8(9)2)21-12-10(15)5-4-6-11(12)16/h4-7H,3,16H2,1-2H3. The number of nitrogens with two attached hydrogens (primary N) is 1. The molecule has 2 N–H and O–H groups in total. The summed E-state index contributed by atoms with van der Waals surface area (Å²) >= 11 is 3.35. The summed E-state index contributed by atoms with van der Waals surface area (Å²) < 4.78 is 11.2. The Morgan fingerprint density at radius 3 is 2.81 bits per heavy atom. The van der Waals surface area contributed by atoms with Crippen molar-refractivity contribution in [3.05, 3.63) is 40.1 Å².